The van der Waals surface area contributed by atoms with Crippen molar-refractivity contribution >= 4 is 0 Å². The number of hydrogen-bond donors (Lipinski definition) is 0. The fourth-order valence-electron chi connectivity index (χ4n) is 2.23. The average molecular weight is 138 g/mol. The monoisotopic (exact) mass is 138 g/mol. The van der Waals surface area contributed by atoms with Gasteiger partial charge < -0.3 is 0 Å². The molecule has 0 nitrogen and oxygen atoms in total. The van der Waals surface area contributed by atoms with E-state index in [2.05, 4.69) is 26.5 Å². The summed E-state index contributed by atoms with van der Waals surface area (Å²) in [5.74, 6) is 2.81. The van der Waals surface area contributed by atoms with Gasteiger partial charge in [-0.3, -0.25) is 0 Å². The maximum Gasteiger partial charge on any atom is -0.0203 e. The zero-order valence-electron chi connectivity index (χ0n) is 7.14. The Labute approximate surface area is 64.3 Å². The summed E-state index contributed by atoms with van der Waals surface area (Å²) in [6, 6.07) is 0. The zero-order chi connectivity index (χ0) is 7.56. The van der Waals surface area contributed by atoms with Gasteiger partial charge in [-0.1, -0.05) is 32.8 Å². The van der Waals surface area contributed by atoms with E-state index in [1.165, 1.54) is 19.3 Å². The third-order valence-electron chi connectivity index (χ3n) is 3.03. The molecule has 0 heteroatoms. The van der Waals surface area contributed by atoms with Gasteiger partial charge in [-0.05, 0) is 24.2 Å². The van der Waals surface area contributed by atoms with Gasteiger partial charge in [0.15, 0.2) is 0 Å². The molecule has 0 aliphatic heterocycles. The maximum absolute atomic E-state index is 3.85. The molecule has 0 aromatic heterocycles. The molecule has 3 atom stereocenters. The normalized spacial score (nSPS) is 38.8. The van der Waals surface area contributed by atoms with Crippen LogP contribution in [0.3, 0.4) is 0 Å². The molecule has 1 saturated carbocycles. The lowest BCUT2D eigenvalue weighted by Crippen LogP contribution is -2.34. The van der Waals surface area contributed by atoms with Crippen LogP contribution >= 0.6 is 0 Å². The van der Waals surface area contributed by atoms with Gasteiger partial charge in [-0.25, -0.2) is 0 Å². The lowest BCUT2D eigenvalue weighted by atomic mass is 9.63. The summed E-state index contributed by atoms with van der Waals surface area (Å²) < 4.78 is 0. The lowest BCUT2D eigenvalue weighted by Gasteiger charge is -2.42. The van der Waals surface area contributed by atoms with E-state index in [4.69, 9.17) is 0 Å². The van der Waals surface area contributed by atoms with Crippen molar-refractivity contribution in [2.75, 3.05) is 0 Å². The van der Waals surface area contributed by atoms with Crippen molar-refractivity contribution in [3.05, 3.63) is 12.7 Å². The van der Waals surface area contributed by atoms with Gasteiger partial charge >= 0.3 is 0 Å². The summed E-state index contributed by atoms with van der Waals surface area (Å²) in [4.78, 5) is 0. The van der Waals surface area contributed by atoms with E-state index < -0.39 is 0 Å². The second-order valence-corrected chi connectivity index (χ2v) is 3.38. The molecule has 1 fully saturated rings. The van der Waals surface area contributed by atoms with Crippen LogP contribution in [0, 0.1) is 17.8 Å². The predicted molar refractivity (Wildman–Crippen MR) is 45.9 cm³/mol. The van der Waals surface area contributed by atoms with E-state index in [0.29, 0.717) is 0 Å². The molecule has 0 bridgehead atoms. The summed E-state index contributed by atoms with van der Waals surface area (Å²) in [6.07, 6.45) is 6.25. The second kappa shape index (κ2) is 3.23. The Morgan fingerprint density at radius 1 is 1.40 bits per heavy atom. The molecular weight excluding hydrogens is 120 g/mol. The molecule has 0 aromatic carbocycles. The highest BCUT2D eigenvalue weighted by atomic mass is 14.4. The number of hydrogen-bond acceptors (Lipinski definition) is 0. The van der Waals surface area contributed by atoms with Crippen LogP contribution in [0.1, 0.15) is 33.1 Å². The predicted octanol–water partition coefficient (Wildman–Crippen LogP) is 3.24. The van der Waals surface area contributed by atoms with Crippen LogP contribution < -0.4 is 0 Å². The first-order chi connectivity index (χ1) is 4.83. The molecule has 1 aliphatic rings. The molecule has 58 valence electrons. The van der Waals surface area contributed by atoms with E-state index >= 15 is 0 Å². The topological polar surface area (TPSA) is 0 Å². The molecule has 0 radical (unpaired) electrons. The Balaban J connectivity index is 2.37. The first-order valence-corrected chi connectivity index (χ1v) is 4.46. The van der Waals surface area contributed by atoms with Crippen LogP contribution in [0.4, 0.5) is 0 Å². The lowest BCUT2D eigenvalue weighted by molar-refractivity contribution is 0.100. The van der Waals surface area contributed by atoms with Crippen molar-refractivity contribution in [3.8, 4) is 0 Å². The van der Waals surface area contributed by atoms with Crippen LogP contribution in [0.5, 0.6) is 0 Å². The Kier molecular flexibility index (Phi) is 2.53. The molecule has 0 N–H and O–H groups in total. The fraction of sp³-hybridized carbons (Fsp3) is 0.800. The third kappa shape index (κ3) is 1.12. The third-order valence-corrected chi connectivity index (χ3v) is 3.03. The van der Waals surface area contributed by atoms with Gasteiger partial charge in [0.05, 0.1) is 0 Å². The van der Waals surface area contributed by atoms with Crippen molar-refractivity contribution in [2.24, 2.45) is 17.8 Å². The van der Waals surface area contributed by atoms with Crippen molar-refractivity contribution in [1.29, 1.82) is 0 Å². The van der Waals surface area contributed by atoms with E-state index in [-0.39, 0.29) is 0 Å². The molecule has 1 aliphatic carbocycles. The van der Waals surface area contributed by atoms with Gasteiger partial charge in [-0.15, -0.1) is 6.58 Å². The quantitative estimate of drug-likeness (QED) is 0.525. The minimum absolute atomic E-state index is 0.843. The molecule has 3 unspecified atom stereocenters. The smallest absolute Gasteiger partial charge is 0.0203 e. The second-order valence-electron chi connectivity index (χ2n) is 3.38. The van der Waals surface area contributed by atoms with Crippen molar-refractivity contribution in [2.45, 2.75) is 33.1 Å². The van der Waals surface area contributed by atoms with Gasteiger partial charge in [0.2, 0.25) is 0 Å². The van der Waals surface area contributed by atoms with Gasteiger partial charge in [-0.2, -0.15) is 0 Å². The fourth-order valence-corrected chi connectivity index (χ4v) is 2.23. The summed E-state index contributed by atoms with van der Waals surface area (Å²) in [6.45, 7) is 8.44. The SMILES string of the molecule is C=CC1CC(CC)C1CC. The van der Waals surface area contributed by atoms with Gasteiger partial charge in [0, 0.05) is 0 Å². The summed E-state index contributed by atoms with van der Waals surface area (Å²) in [5.41, 5.74) is 0. The van der Waals surface area contributed by atoms with Gasteiger partial charge in [0.1, 0.15) is 0 Å². The minimum atomic E-state index is 0.843. The largest absolute Gasteiger partial charge is 0.103 e. The molecule has 1 rings (SSSR count). The Morgan fingerprint density at radius 3 is 2.50 bits per heavy atom. The number of allylic oxidation sites excluding steroid dienone is 1. The zero-order valence-corrected chi connectivity index (χ0v) is 7.14. The van der Waals surface area contributed by atoms with Crippen LogP contribution in [-0.4, -0.2) is 0 Å². The summed E-state index contributed by atoms with van der Waals surface area (Å²) in [7, 11) is 0. The van der Waals surface area contributed by atoms with Crippen LogP contribution in [0.15, 0.2) is 12.7 Å². The van der Waals surface area contributed by atoms with E-state index in [0.717, 1.165) is 17.8 Å². The molecule has 0 spiro atoms. The van der Waals surface area contributed by atoms with Gasteiger partial charge in [0.25, 0.3) is 0 Å². The first-order valence-electron chi connectivity index (χ1n) is 4.46. The van der Waals surface area contributed by atoms with Crippen LogP contribution in [-0.2, 0) is 0 Å². The standard InChI is InChI=1S/C10H18/c1-4-8-7-9(5-2)10(8)6-3/h4,8-10H,1,5-7H2,2-3H3. The molecule has 0 saturated heterocycles. The minimum Gasteiger partial charge on any atom is -0.103 e. The maximum atomic E-state index is 3.85. The molecular formula is C10H18. The molecule has 10 heavy (non-hydrogen) atoms. The summed E-state index contributed by atoms with van der Waals surface area (Å²) >= 11 is 0. The Hall–Kier alpha value is -0.260. The van der Waals surface area contributed by atoms with Crippen molar-refractivity contribution in [3.63, 3.8) is 0 Å². The van der Waals surface area contributed by atoms with Crippen LogP contribution in [0.25, 0.3) is 0 Å². The highest BCUT2D eigenvalue weighted by Crippen LogP contribution is 2.44. The number of rotatable bonds is 3. The average Bonchev–Trinajstić information content (AvgIpc) is 1.89. The highest BCUT2D eigenvalue weighted by Gasteiger charge is 2.35. The van der Waals surface area contributed by atoms with E-state index in [1.807, 2.05) is 0 Å². The van der Waals surface area contributed by atoms with Crippen LogP contribution in [0.2, 0.25) is 0 Å². The van der Waals surface area contributed by atoms with Crippen molar-refractivity contribution < 1.29 is 0 Å². The Morgan fingerprint density at radius 2 is 2.10 bits per heavy atom. The molecule has 0 aromatic rings. The van der Waals surface area contributed by atoms with E-state index in [9.17, 15) is 0 Å². The molecule has 0 amide bonds. The van der Waals surface area contributed by atoms with E-state index in [1.54, 1.807) is 0 Å². The Bertz CT molecular complexity index is 115. The molecule has 0 heterocycles. The van der Waals surface area contributed by atoms with Crippen molar-refractivity contribution in [1.82, 2.24) is 0 Å². The first kappa shape index (κ1) is 7.84. The highest BCUT2D eigenvalue weighted by molar-refractivity contribution is 4.96. The summed E-state index contributed by atoms with van der Waals surface area (Å²) in [5, 5.41) is 0.